The molecule has 4 atom stereocenters. The third-order valence-electron chi connectivity index (χ3n) is 7.08. The van der Waals surface area contributed by atoms with Gasteiger partial charge in [-0.1, -0.05) is 42.8 Å². The first-order valence-electron chi connectivity index (χ1n) is 10.8. The highest BCUT2D eigenvalue weighted by Gasteiger charge is 2.43. The van der Waals surface area contributed by atoms with Crippen LogP contribution in [0.2, 0.25) is 0 Å². The zero-order valence-corrected chi connectivity index (χ0v) is 18.0. The predicted molar refractivity (Wildman–Crippen MR) is 116 cm³/mol. The van der Waals surface area contributed by atoms with Crippen LogP contribution in [0.5, 0.6) is 0 Å². The molecule has 3 aliphatic rings. The third-order valence-corrected chi connectivity index (χ3v) is 8.57. The number of carbonyl (C=O) groups excluding carboxylic acids is 1. The van der Waals surface area contributed by atoms with Crippen molar-refractivity contribution in [3.63, 3.8) is 0 Å². The fourth-order valence-corrected chi connectivity index (χ4v) is 6.69. The second kappa shape index (κ2) is 7.77. The molecule has 2 aliphatic carbocycles. The van der Waals surface area contributed by atoms with Crippen molar-refractivity contribution in [3.05, 3.63) is 53.6 Å². The molecule has 0 aromatic heterocycles. The standard InChI is InChI=1S/C24H25N3O3S/c25-13-21(27-24(28)22-11-16-3-6-19(22)9-16)10-15-1-4-17(5-2-15)18-7-8-20-14-26-31(29,30)23(20)12-18/h1-2,4-5,7-8,12,16,19,21-22,26H,3,6,9-11,14H2,(H,27,28)/t16-,19+,21+,22+/m1/s1. The summed E-state index contributed by atoms with van der Waals surface area (Å²) in [5, 5.41) is 12.5. The Morgan fingerprint density at radius 1 is 1.13 bits per heavy atom. The van der Waals surface area contributed by atoms with Gasteiger partial charge in [-0.25, -0.2) is 13.1 Å². The van der Waals surface area contributed by atoms with Crippen LogP contribution < -0.4 is 10.0 Å². The van der Waals surface area contributed by atoms with Crippen LogP contribution in [0, 0.1) is 29.1 Å². The van der Waals surface area contributed by atoms with Gasteiger partial charge in [0.25, 0.3) is 0 Å². The van der Waals surface area contributed by atoms with Crippen molar-refractivity contribution in [2.24, 2.45) is 17.8 Å². The summed E-state index contributed by atoms with van der Waals surface area (Å²) in [6.45, 7) is 0.334. The molecule has 1 amide bonds. The van der Waals surface area contributed by atoms with Crippen molar-refractivity contribution in [1.82, 2.24) is 10.0 Å². The number of fused-ring (bicyclic) bond motifs is 3. The smallest absolute Gasteiger partial charge is 0.241 e. The van der Waals surface area contributed by atoms with Crippen LogP contribution in [0.4, 0.5) is 0 Å². The molecule has 5 rings (SSSR count). The van der Waals surface area contributed by atoms with Crippen molar-refractivity contribution < 1.29 is 13.2 Å². The number of nitrogens with zero attached hydrogens (tertiary/aromatic N) is 1. The molecular formula is C24H25N3O3S. The molecule has 2 bridgehead atoms. The summed E-state index contributed by atoms with van der Waals surface area (Å²) in [4.78, 5) is 13.0. The number of rotatable bonds is 5. The lowest BCUT2D eigenvalue weighted by atomic mass is 9.88. The molecule has 6 nitrogen and oxygen atoms in total. The Balaban J connectivity index is 1.26. The Labute approximate surface area is 182 Å². The molecule has 2 N–H and O–H groups in total. The molecule has 1 heterocycles. The Hall–Kier alpha value is -2.69. The van der Waals surface area contributed by atoms with Gasteiger partial charge < -0.3 is 5.32 Å². The van der Waals surface area contributed by atoms with E-state index in [0.717, 1.165) is 41.5 Å². The minimum absolute atomic E-state index is 0.0309. The number of carbonyl (C=O) groups is 1. The molecule has 31 heavy (non-hydrogen) atoms. The first-order chi connectivity index (χ1) is 14.9. The van der Waals surface area contributed by atoms with Crippen LogP contribution in [0.25, 0.3) is 11.1 Å². The quantitative estimate of drug-likeness (QED) is 0.754. The largest absolute Gasteiger partial charge is 0.340 e. The van der Waals surface area contributed by atoms with Gasteiger partial charge in [0.05, 0.1) is 11.0 Å². The van der Waals surface area contributed by atoms with Gasteiger partial charge in [0.2, 0.25) is 15.9 Å². The number of benzene rings is 2. The number of nitrogens with one attached hydrogen (secondary N) is 2. The van der Waals surface area contributed by atoms with E-state index in [0.29, 0.717) is 29.7 Å². The number of sulfonamides is 1. The van der Waals surface area contributed by atoms with Gasteiger partial charge in [-0.2, -0.15) is 5.26 Å². The Morgan fingerprint density at radius 2 is 1.90 bits per heavy atom. The summed E-state index contributed by atoms with van der Waals surface area (Å²) < 4.78 is 26.7. The van der Waals surface area contributed by atoms with Crippen LogP contribution in [-0.4, -0.2) is 20.4 Å². The molecule has 2 aromatic rings. The highest BCUT2D eigenvalue weighted by molar-refractivity contribution is 7.89. The monoisotopic (exact) mass is 435 g/mol. The molecule has 0 spiro atoms. The van der Waals surface area contributed by atoms with Gasteiger partial charge in [0.15, 0.2) is 0 Å². The van der Waals surface area contributed by atoms with Gasteiger partial charge in [-0.3, -0.25) is 4.79 Å². The van der Waals surface area contributed by atoms with Crippen LogP contribution in [-0.2, 0) is 27.8 Å². The Morgan fingerprint density at radius 3 is 2.58 bits per heavy atom. The minimum atomic E-state index is -3.41. The molecule has 2 saturated carbocycles. The molecule has 1 aliphatic heterocycles. The molecule has 0 saturated heterocycles. The average molecular weight is 436 g/mol. The fraction of sp³-hybridized carbons (Fsp3) is 0.417. The topological polar surface area (TPSA) is 99.1 Å². The minimum Gasteiger partial charge on any atom is -0.340 e. The van der Waals surface area contributed by atoms with E-state index in [1.165, 1.54) is 6.42 Å². The number of hydrogen-bond donors (Lipinski definition) is 2. The number of nitriles is 1. The van der Waals surface area contributed by atoms with E-state index in [2.05, 4.69) is 16.1 Å². The summed E-state index contributed by atoms with van der Waals surface area (Å²) in [6, 6.07) is 14.9. The SMILES string of the molecule is N#C[C@H](Cc1ccc(-c2ccc3c(c2)S(=O)(=O)NC3)cc1)NC(=O)[C@H]1C[C@@H]2CC[C@H]1C2. The molecule has 0 unspecified atom stereocenters. The van der Waals surface area contributed by atoms with E-state index in [9.17, 15) is 18.5 Å². The van der Waals surface area contributed by atoms with Crippen molar-refractivity contribution >= 4 is 15.9 Å². The van der Waals surface area contributed by atoms with E-state index in [1.54, 1.807) is 6.07 Å². The second-order valence-corrected chi connectivity index (χ2v) is 10.8. The molecule has 2 aromatic carbocycles. The maximum atomic E-state index is 12.7. The molecular weight excluding hydrogens is 410 g/mol. The van der Waals surface area contributed by atoms with Crippen LogP contribution in [0.15, 0.2) is 47.4 Å². The van der Waals surface area contributed by atoms with E-state index < -0.39 is 16.1 Å². The zero-order chi connectivity index (χ0) is 21.6. The van der Waals surface area contributed by atoms with E-state index in [-0.39, 0.29) is 11.8 Å². The van der Waals surface area contributed by atoms with E-state index >= 15 is 0 Å². The van der Waals surface area contributed by atoms with Crippen molar-refractivity contribution in [1.29, 1.82) is 5.26 Å². The van der Waals surface area contributed by atoms with Crippen LogP contribution >= 0.6 is 0 Å². The van der Waals surface area contributed by atoms with Crippen LogP contribution in [0.1, 0.15) is 36.8 Å². The highest BCUT2D eigenvalue weighted by atomic mass is 32.2. The van der Waals surface area contributed by atoms with E-state index in [1.807, 2.05) is 36.4 Å². The number of hydrogen-bond acceptors (Lipinski definition) is 4. The maximum absolute atomic E-state index is 12.7. The molecule has 160 valence electrons. The Bertz CT molecular complexity index is 1170. The summed E-state index contributed by atoms with van der Waals surface area (Å²) in [6.07, 6.45) is 4.97. The van der Waals surface area contributed by atoms with Crippen molar-refractivity contribution in [3.8, 4) is 17.2 Å². The van der Waals surface area contributed by atoms with Crippen molar-refractivity contribution in [2.75, 3.05) is 0 Å². The fourth-order valence-electron chi connectivity index (χ4n) is 5.42. The summed E-state index contributed by atoms with van der Waals surface area (Å²) >= 11 is 0. The van der Waals surface area contributed by atoms with Gasteiger partial charge in [-0.15, -0.1) is 0 Å². The maximum Gasteiger partial charge on any atom is 0.241 e. The zero-order valence-electron chi connectivity index (χ0n) is 17.2. The molecule has 0 radical (unpaired) electrons. The van der Waals surface area contributed by atoms with Gasteiger partial charge in [-0.05, 0) is 59.4 Å². The van der Waals surface area contributed by atoms with Crippen molar-refractivity contribution in [2.45, 2.75) is 49.6 Å². The Kier molecular flexibility index (Phi) is 5.07. The lowest BCUT2D eigenvalue weighted by Gasteiger charge is -2.22. The summed E-state index contributed by atoms with van der Waals surface area (Å²) in [5.41, 5.74) is 3.48. The first kappa shape index (κ1) is 20.2. The number of amides is 1. The van der Waals surface area contributed by atoms with Gasteiger partial charge in [0.1, 0.15) is 6.04 Å². The first-order valence-corrected chi connectivity index (χ1v) is 12.3. The lowest BCUT2D eigenvalue weighted by molar-refractivity contribution is -0.126. The molecule has 2 fully saturated rings. The summed E-state index contributed by atoms with van der Waals surface area (Å²) in [5.74, 6) is 1.29. The van der Waals surface area contributed by atoms with Crippen LogP contribution in [0.3, 0.4) is 0 Å². The average Bonchev–Trinajstić information content (AvgIpc) is 3.48. The normalized spacial score (nSPS) is 26.2. The van der Waals surface area contributed by atoms with E-state index in [4.69, 9.17) is 0 Å². The van der Waals surface area contributed by atoms with Gasteiger partial charge in [0, 0.05) is 18.9 Å². The lowest BCUT2D eigenvalue weighted by Crippen LogP contribution is -2.40. The third kappa shape index (κ3) is 3.86. The van der Waals surface area contributed by atoms with Gasteiger partial charge >= 0.3 is 0 Å². The second-order valence-electron chi connectivity index (χ2n) is 9.02. The molecule has 7 heteroatoms. The predicted octanol–water partition coefficient (Wildman–Crippen LogP) is 3.13. The highest BCUT2D eigenvalue weighted by Crippen LogP contribution is 2.48. The summed E-state index contributed by atoms with van der Waals surface area (Å²) in [7, 11) is -3.41.